The highest BCUT2D eigenvalue weighted by atomic mass is 16.5. The summed E-state index contributed by atoms with van der Waals surface area (Å²) in [5.41, 5.74) is 5.32. The third-order valence-corrected chi connectivity index (χ3v) is 1.16. The molecule has 1 aromatic rings. The van der Waals surface area contributed by atoms with E-state index in [1.807, 2.05) is 0 Å². The van der Waals surface area contributed by atoms with Crippen molar-refractivity contribution in [1.82, 2.24) is 10.2 Å². The Morgan fingerprint density at radius 1 is 1.50 bits per heavy atom. The number of rotatable bonds is 3. The number of hydrogen-bond acceptors (Lipinski definition) is 4. The molecule has 0 radical (unpaired) electrons. The second-order valence-corrected chi connectivity index (χ2v) is 2.10. The summed E-state index contributed by atoms with van der Waals surface area (Å²) in [4.78, 5) is 0. The van der Waals surface area contributed by atoms with Crippen LogP contribution in [-0.4, -0.2) is 16.8 Å². The van der Waals surface area contributed by atoms with E-state index < -0.39 is 0 Å². The van der Waals surface area contributed by atoms with Crippen molar-refractivity contribution >= 4 is 5.82 Å². The molecule has 0 fully saturated rings. The topological polar surface area (TPSA) is 61.0 Å². The minimum atomic E-state index is 0.374. The van der Waals surface area contributed by atoms with Crippen LogP contribution in [0.25, 0.3) is 0 Å². The van der Waals surface area contributed by atoms with Crippen LogP contribution in [0.5, 0.6) is 5.88 Å². The SMILES string of the molecule is C#CCCOc1ccc(N)nn1. The smallest absolute Gasteiger partial charge is 0.233 e. The Labute approximate surface area is 70.8 Å². The number of nitrogens with two attached hydrogens (primary N) is 1. The molecule has 0 aliphatic rings. The first-order chi connectivity index (χ1) is 5.83. The zero-order valence-electron chi connectivity index (χ0n) is 6.53. The molecule has 0 aliphatic heterocycles. The number of hydrogen-bond donors (Lipinski definition) is 1. The molecule has 2 N–H and O–H groups in total. The van der Waals surface area contributed by atoms with Gasteiger partial charge >= 0.3 is 0 Å². The Balaban J connectivity index is 2.43. The fourth-order valence-corrected chi connectivity index (χ4v) is 0.622. The molecular weight excluding hydrogens is 154 g/mol. The quantitative estimate of drug-likeness (QED) is 0.519. The van der Waals surface area contributed by atoms with Crippen LogP contribution in [0.2, 0.25) is 0 Å². The van der Waals surface area contributed by atoms with Crippen LogP contribution in [0, 0.1) is 12.3 Å². The first-order valence-corrected chi connectivity index (χ1v) is 3.48. The molecule has 1 aromatic heterocycles. The molecule has 0 atom stereocenters. The molecule has 1 heterocycles. The fraction of sp³-hybridized carbons (Fsp3) is 0.250. The normalized spacial score (nSPS) is 8.92. The third-order valence-electron chi connectivity index (χ3n) is 1.16. The van der Waals surface area contributed by atoms with Gasteiger partial charge in [-0.25, -0.2) is 0 Å². The van der Waals surface area contributed by atoms with Crippen molar-refractivity contribution in [2.75, 3.05) is 12.3 Å². The second-order valence-electron chi connectivity index (χ2n) is 2.10. The predicted molar refractivity (Wildman–Crippen MR) is 45.4 cm³/mol. The third kappa shape index (κ3) is 2.46. The molecule has 62 valence electrons. The molecule has 0 unspecified atom stereocenters. The van der Waals surface area contributed by atoms with Gasteiger partial charge in [-0.3, -0.25) is 0 Å². The Kier molecular flexibility index (Phi) is 2.91. The summed E-state index contributed by atoms with van der Waals surface area (Å²) >= 11 is 0. The van der Waals surface area contributed by atoms with E-state index in [4.69, 9.17) is 16.9 Å². The van der Waals surface area contributed by atoms with Gasteiger partial charge in [0.1, 0.15) is 12.4 Å². The van der Waals surface area contributed by atoms with Crippen LogP contribution in [0.3, 0.4) is 0 Å². The van der Waals surface area contributed by atoms with Gasteiger partial charge < -0.3 is 10.5 Å². The summed E-state index contributed by atoms with van der Waals surface area (Å²) in [5.74, 6) is 3.27. The van der Waals surface area contributed by atoms with Crippen molar-refractivity contribution in [3.05, 3.63) is 12.1 Å². The predicted octanol–water partition coefficient (Wildman–Crippen LogP) is 0.461. The van der Waals surface area contributed by atoms with E-state index >= 15 is 0 Å². The average Bonchev–Trinajstić information content (AvgIpc) is 2.09. The van der Waals surface area contributed by atoms with Gasteiger partial charge in [0.15, 0.2) is 0 Å². The van der Waals surface area contributed by atoms with Crippen LogP contribution < -0.4 is 10.5 Å². The highest BCUT2D eigenvalue weighted by molar-refractivity contribution is 5.27. The van der Waals surface area contributed by atoms with Crippen molar-refractivity contribution in [2.45, 2.75) is 6.42 Å². The minimum Gasteiger partial charge on any atom is -0.476 e. The molecule has 0 amide bonds. The van der Waals surface area contributed by atoms with Crippen molar-refractivity contribution in [1.29, 1.82) is 0 Å². The minimum absolute atomic E-state index is 0.374. The zero-order valence-corrected chi connectivity index (χ0v) is 6.53. The maximum Gasteiger partial charge on any atom is 0.233 e. The summed E-state index contributed by atoms with van der Waals surface area (Å²) in [6.45, 7) is 0.453. The van der Waals surface area contributed by atoms with E-state index in [9.17, 15) is 0 Å². The summed E-state index contributed by atoms with van der Waals surface area (Å²) in [6, 6.07) is 3.27. The van der Waals surface area contributed by atoms with Crippen LogP contribution in [0.15, 0.2) is 12.1 Å². The van der Waals surface area contributed by atoms with Crippen molar-refractivity contribution < 1.29 is 4.74 Å². The van der Waals surface area contributed by atoms with Gasteiger partial charge in [-0.15, -0.1) is 22.5 Å². The van der Waals surface area contributed by atoms with E-state index in [2.05, 4.69) is 16.1 Å². The van der Waals surface area contributed by atoms with E-state index in [-0.39, 0.29) is 0 Å². The van der Waals surface area contributed by atoms with Crippen molar-refractivity contribution in [2.24, 2.45) is 0 Å². The number of ether oxygens (including phenoxy) is 1. The van der Waals surface area contributed by atoms with Gasteiger partial charge in [0.2, 0.25) is 5.88 Å². The summed E-state index contributed by atoms with van der Waals surface area (Å²) in [6.07, 6.45) is 5.59. The average molecular weight is 163 g/mol. The lowest BCUT2D eigenvalue weighted by molar-refractivity contribution is 0.311. The first-order valence-electron chi connectivity index (χ1n) is 3.48. The van der Waals surface area contributed by atoms with Gasteiger partial charge in [0.25, 0.3) is 0 Å². The molecule has 0 bridgehead atoms. The summed E-state index contributed by atoms with van der Waals surface area (Å²) < 4.78 is 5.13. The molecule has 0 spiro atoms. The molecule has 0 saturated heterocycles. The Morgan fingerprint density at radius 3 is 2.92 bits per heavy atom. The van der Waals surface area contributed by atoms with Gasteiger partial charge in [0, 0.05) is 12.5 Å². The van der Waals surface area contributed by atoms with Gasteiger partial charge in [0.05, 0.1) is 0 Å². The Morgan fingerprint density at radius 2 is 2.33 bits per heavy atom. The number of anilines is 1. The molecule has 0 aliphatic carbocycles. The van der Waals surface area contributed by atoms with E-state index in [0.717, 1.165) is 0 Å². The number of nitrogen functional groups attached to an aromatic ring is 1. The van der Waals surface area contributed by atoms with E-state index in [1.165, 1.54) is 0 Å². The molecule has 0 saturated carbocycles. The maximum atomic E-state index is 5.32. The second kappa shape index (κ2) is 4.19. The lowest BCUT2D eigenvalue weighted by Gasteiger charge is -2.00. The van der Waals surface area contributed by atoms with Crippen LogP contribution in [0.4, 0.5) is 5.82 Å². The Bertz CT molecular complexity index is 275. The van der Waals surface area contributed by atoms with Crippen LogP contribution >= 0.6 is 0 Å². The molecule has 12 heavy (non-hydrogen) atoms. The number of terminal acetylenes is 1. The molecule has 1 rings (SSSR count). The van der Waals surface area contributed by atoms with Gasteiger partial charge in [-0.1, -0.05) is 0 Å². The molecule has 4 heteroatoms. The standard InChI is InChI=1S/C8H9N3O/c1-2-3-6-12-8-5-4-7(9)10-11-8/h1,4-5H,3,6H2,(H2,9,10). The fourth-order valence-electron chi connectivity index (χ4n) is 0.622. The largest absolute Gasteiger partial charge is 0.476 e. The molecule has 4 nitrogen and oxygen atoms in total. The molecule has 0 aromatic carbocycles. The van der Waals surface area contributed by atoms with Crippen molar-refractivity contribution in [3.8, 4) is 18.2 Å². The first kappa shape index (κ1) is 8.34. The Hall–Kier alpha value is -1.76. The highest BCUT2D eigenvalue weighted by Crippen LogP contribution is 2.05. The molecular formula is C8H9N3O. The van der Waals surface area contributed by atoms with Gasteiger partial charge in [-0.05, 0) is 6.07 Å². The number of aromatic nitrogens is 2. The van der Waals surface area contributed by atoms with E-state index in [1.54, 1.807) is 12.1 Å². The van der Waals surface area contributed by atoms with Crippen LogP contribution in [-0.2, 0) is 0 Å². The summed E-state index contributed by atoms with van der Waals surface area (Å²) in [5, 5.41) is 7.29. The highest BCUT2D eigenvalue weighted by Gasteiger charge is 1.93. The lowest BCUT2D eigenvalue weighted by atomic mass is 10.5. The number of nitrogens with zero attached hydrogens (tertiary/aromatic N) is 2. The van der Waals surface area contributed by atoms with Gasteiger partial charge in [-0.2, -0.15) is 0 Å². The van der Waals surface area contributed by atoms with Crippen molar-refractivity contribution in [3.63, 3.8) is 0 Å². The summed E-state index contributed by atoms with van der Waals surface area (Å²) in [7, 11) is 0. The lowest BCUT2D eigenvalue weighted by Crippen LogP contribution is -2.00. The van der Waals surface area contributed by atoms with Crippen LogP contribution in [0.1, 0.15) is 6.42 Å². The van der Waals surface area contributed by atoms with E-state index in [0.29, 0.717) is 24.7 Å². The maximum absolute atomic E-state index is 5.32. The zero-order chi connectivity index (χ0) is 8.81. The monoisotopic (exact) mass is 163 g/mol.